The molecule has 0 radical (unpaired) electrons. The van der Waals surface area contributed by atoms with E-state index in [1.165, 1.54) is 0 Å². The minimum absolute atomic E-state index is 0.125. The van der Waals surface area contributed by atoms with Crippen LogP contribution in [-0.4, -0.2) is 77.7 Å². The van der Waals surface area contributed by atoms with Crippen molar-refractivity contribution >= 4 is 29.0 Å². The van der Waals surface area contributed by atoms with Crippen LogP contribution in [-0.2, 0) is 4.74 Å². The molecule has 31 heavy (non-hydrogen) atoms. The van der Waals surface area contributed by atoms with Crippen molar-refractivity contribution in [3.05, 3.63) is 53.3 Å². The molecule has 0 aliphatic carbocycles. The third-order valence-corrected chi connectivity index (χ3v) is 6.50. The first-order chi connectivity index (χ1) is 15.1. The number of piperazine rings is 1. The smallest absolute Gasteiger partial charge is 0.320 e. The maximum absolute atomic E-state index is 12.8. The Morgan fingerprint density at radius 2 is 1.74 bits per heavy atom. The molecule has 2 saturated heterocycles. The Kier molecular flexibility index (Phi) is 5.46. The summed E-state index contributed by atoms with van der Waals surface area (Å²) in [6.07, 6.45) is 2.02. The van der Waals surface area contributed by atoms with Gasteiger partial charge in [-0.1, -0.05) is 17.7 Å². The predicted molar refractivity (Wildman–Crippen MR) is 122 cm³/mol. The van der Waals surface area contributed by atoms with Crippen molar-refractivity contribution in [1.29, 1.82) is 0 Å². The number of aryl methyl sites for hydroxylation is 1. The van der Waals surface area contributed by atoms with Gasteiger partial charge in [0.25, 0.3) is 0 Å². The van der Waals surface area contributed by atoms with Gasteiger partial charge >= 0.3 is 6.03 Å². The highest BCUT2D eigenvalue weighted by Crippen LogP contribution is 2.34. The number of pyridine rings is 1. The molecule has 7 nitrogen and oxygen atoms in total. The molecule has 0 bridgehead atoms. The Labute approximate surface area is 186 Å². The topological polar surface area (TPSA) is 53.3 Å². The Bertz CT molecular complexity index is 1100. The lowest BCUT2D eigenvalue weighted by Gasteiger charge is -2.39. The van der Waals surface area contributed by atoms with Gasteiger partial charge in [-0.2, -0.15) is 0 Å². The van der Waals surface area contributed by atoms with Crippen molar-refractivity contribution in [1.82, 2.24) is 19.2 Å². The molecule has 5 rings (SSSR count). The van der Waals surface area contributed by atoms with E-state index in [1.54, 1.807) is 0 Å². The highest BCUT2D eigenvalue weighted by molar-refractivity contribution is 6.33. The van der Waals surface area contributed by atoms with Crippen LogP contribution in [0.3, 0.4) is 0 Å². The summed E-state index contributed by atoms with van der Waals surface area (Å²) in [4.78, 5) is 23.7. The highest BCUT2D eigenvalue weighted by atomic mass is 35.5. The zero-order chi connectivity index (χ0) is 21.4. The van der Waals surface area contributed by atoms with Gasteiger partial charge in [0.1, 0.15) is 5.65 Å². The van der Waals surface area contributed by atoms with Crippen molar-refractivity contribution in [3.63, 3.8) is 0 Å². The zero-order valence-electron chi connectivity index (χ0n) is 17.6. The maximum Gasteiger partial charge on any atom is 0.320 e. The van der Waals surface area contributed by atoms with E-state index in [-0.39, 0.29) is 6.03 Å². The first kappa shape index (κ1) is 20.2. The summed E-state index contributed by atoms with van der Waals surface area (Å²) < 4.78 is 7.44. The van der Waals surface area contributed by atoms with Gasteiger partial charge in [0, 0.05) is 62.4 Å². The summed E-state index contributed by atoms with van der Waals surface area (Å²) >= 11 is 6.58. The van der Waals surface area contributed by atoms with Crippen molar-refractivity contribution in [3.8, 4) is 11.3 Å². The Morgan fingerprint density at radius 3 is 2.48 bits per heavy atom. The van der Waals surface area contributed by atoms with Crippen molar-refractivity contribution in [2.75, 3.05) is 57.4 Å². The normalized spacial score (nSPS) is 17.4. The summed E-state index contributed by atoms with van der Waals surface area (Å²) in [7, 11) is 0. The number of halogens is 1. The number of rotatable bonds is 2. The highest BCUT2D eigenvalue weighted by Gasteiger charge is 2.27. The van der Waals surface area contributed by atoms with E-state index in [1.807, 2.05) is 40.3 Å². The van der Waals surface area contributed by atoms with Gasteiger partial charge in [-0.3, -0.25) is 0 Å². The summed E-state index contributed by atoms with van der Waals surface area (Å²) in [5.74, 6) is 0. The summed E-state index contributed by atoms with van der Waals surface area (Å²) in [6, 6.07) is 12.2. The van der Waals surface area contributed by atoms with E-state index in [4.69, 9.17) is 21.3 Å². The average Bonchev–Trinajstić information content (AvgIpc) is 3.16. The van der Waals surface area contributed by atoms with Crippen LogP contribution in [0.25, 0.3) is 16.9 Å². The second-order valence-corrected chi connectivity index (χ2v) is 8.40. The van der Waals surface area contributed by atoms with Crippen LogP contribution >= 0.6 is 11.6 Å². The lowest BCUT2D eigenvalue weighted by atomic mass is 10.1. The maximum atomic E-state index is 12.8. The molecule has 4 heterocycles. The van der Waals surface area contributed by atoms with E-state index < -0.39 is 0 Å². The number of amides is 2. The zero-order valence-corrected chi connectivity index (χ0v) is 18.4. The van der Waals surface area contributed by atoms with Gasteiger partial charge in [0.05, 0.1) is 23.9 Å². The van der Waals surface area contributed by atoms with Gasteiger partial charge in [-0.05, 0) is 37.3 Å². The van der Waals surface area contributed by atoms with Gasteiger partial charge in [0.2, 0.25) is 0 Å². The number of anilines is 1. The molecule has 0 N–H and O–H groups in total. The Balaban J connectivity index is 1.34. The molecule has 2 aliphatic heterocycles. The van der Waals surface area contributed by atoms with E-state index >= 15 is 0 Å². The molecule has 2 fully saturated rings. The van der Waals surface area contributed by atoms with Crippen LogP contribution in [0.2, 0.25) is 5.02 Å². The molecular weight excluding hydrogens is 414 g/mol. The molecule has 1 aromatic carbocycles. The van der Waals surface area contributed by atoms with Crippen LogP contribution in [0.5, 0.6) is 0 Å². The summed E-state index contributed by atoms with van der Waals surface area (Å²) in [6.45, 7) is 7.68. The molecule has 3 aromatic rings. The number of hydrogen-bond donors (Lipinski definition) is 0. The molecular formula is C23H26ClN5O2. The molecule has 0 saturated carbocycles. The van der Waals surface area contributed by atoms with Crippen LogP contribution in [0.1, 0.15) is 5.69 Å². The SMILES string of the molecule is Cc1c(-c2cc(N3CCN(C(=O)N4CCOCC4)CC3)ccc2Cl)nc2ccccn12. The fourth-order valence-electron chi connectivity index (χ4n) is 4.38. The third-order valence-electron chi connectivity index (χ3n) is 6.17. The lowest BCUT2D eigenvalue weighted by molar-refractivity contribution is 0.0428. The molecule has 8 heteroatoms. The first-order valence-corrected chi connectivity index (χ1v) is 11.1. The quantitative estimate of drug-likeness (QED) is 0.613. The number of urea groups is 1. The van der Waals surface area contributed by atoms with Crippen LogP contribution < -0.4 is 4.90 Å². The van der Waals surface area contributed by atoms with Crippen molar-refractivity contribution in [2.45, 2.75) is 6.92 Å². The minimum atomic E-state index is 0.125. The standard InChI is InChI=1S/C23H26ClN5O2/c1-17-22(25-21-4-2-3-7-29(17)21)19-16-18(5-6-20(19)24)26-8-10-27(11-9-26)23(30)28-12-14-31-15-13-28/h2-7,16H,8-15H2,1H3. The van der Waals surface area contributed by atoms with Crippen LogP contribution in [0.4, 0.5) is 10.5 Å². The van der Waals surface area contributed by atoms with E-state index in [0.717, 1.165) is 41.4 Å². The van der Waals surface area contributed by atoms with Crippen molar-refractivity contribution in [2.24, 2.45) is 0 Å². The second kappa shape index (κ2) is 8.40. The number of nitrogens with zero attached hydrogens (tertiary/aromatic N) is 5. The monoisotopic (exact) mass is 439 g/mol. The first-order valence-electron chi connectivity index (χ1n) is 10.7. The van der Waals surface area contributed by atoms with E-state index in [9.17, 15) is 4.79 Å². The van der Waals surface area contributed by atoms with Gasteiger partial charge < -0.3 is 23.8 Å². The van der Waals surface area contributed by atoms with E-state index in [2.05, 4.69) is 28.4 Å². The van der Waals surface area contributed by atoms with Crippen LogP contribution in [0.15, 0.2) is 42.6 Å². The number of ether oxygens (including phenoxy) is 1. The molecule has 2 aliphatic rings. The second-order valence-electron chi connectivity index (χ2n) is 7.99. The number of carbonyl (C=O) groups excluding carboxylic acids is 1. The third kappa shape index (κ3) is 3.83. The average molecular weight is 440 g/mol. The lowest BCUT2D eigenvalue weighted by Crippen LogP contribution is -2.54. The fourth-order valence-corrected chi connectivity index (χ4v) is 4.58. The Morgan fingerprint density at radius 1 is 1.00 bits per heavy atom. The molecule has 2 aromatic heterocycles. The van der Waals surface area contributed by atoms with Gasteiger partial charge in [-0.25, -0.2) is 9.78 Å². The minimum Gasteiger partial charge on any atom is -0.378 e. The number of fused-ring (bicyclic) bond motifs is 1. The fraction of sp³-hybridized carbons (Fsp3) is 0.391. The number of benzene rings is 1. The number of morpholine rings is 1. The number of aromatic nitrogens is 2. The molecule has 0 atom stereocenters. The molecule has 0 unspecified atom stereocenters. The summed E-state index contributed by atoms with van der Waals surface area (Å²) in [5, 5.41) is 0.691. The molecule has 162 valence electrons. The van der Waals surface area contributed by atoms with Crippen molar-refractivity contribution < 1.29 is 9.53 Å². The Hall–Kier alpha value is -2.77. The molecule has 2 amide bonds. The largest absolute Gasteiger partial charge is 0.378 e. The summed E-state index contributed by atoms with van der Waals surface area (Å²) in [5.41, 5.74) is 4.92. The van der Waals surface area contributed by atoms with E-state index in [0.29, 0.717) is 44.4 Å². The van der Waals surface area contributed by atoms with Crippen LogP contribution in [0, 0.1) is 6.92 Å². The number of carbonyl (C=O) groups is 1. The number of hydrogen-bond acceptors (Lipinski definition) is 4. The molecule has 0 spiro atoms. The number of imidazole rings is 1. The van der Waals surface area contributed by atoms with Gasteiger partial charge in [-0.15, -0.1) is 0 Å². The van der Waals surface area contributed by atoms with Gasteiger partial charge in [0.15, 0.2) is 0 Å². The predicted octanol–water partition coefficient (Wildman–Crippen LogP) is 3.54.